The molecule has 1 atom stereocenters. The van der Waals surface area contributed by atoms with E-state index in [0.717, 1.165) is 17.3 Å². The molecule has 3 rings (SSSR count). The molecule has 2 aromatic rings. The minimum absolute atomic E-state index is 0.0363. The van der Waals surface area contributed by atoms with Crippen molar-refractivity contribution >= 4 is 23.0 Å². The lowest BCUT2D eigenvalue weighted by Crippen LogP contribution is -2.33. The van der Waals surface area contributed by atoms with E-state index in [-0.39, 0.29) is 11.4 Å². The maximum Gasteiger partial charge on any atom is 0.294 e. The Morgan fingerprint density at radius 1 is 1.14 bits per heavy atom. The highest BCUT2D eigenvalue weighted by Gasteiger charge is 2.47. The summed E-state index contributed by atoms with van der Waals surface area (Å²) in [6, 6.07) is 13.3. The summed E-state index contributed by atoms with van der Waals surface area (Å²) in [4.78, 5) is 38.4. The summed E-state index contributed by atoms with van der Waals surface area (Å²) < 4.78 is 5.53. The van der Waals surface area contributed by atoms with Gasteiger partial charge in [0.25, 0.3) is 5.91 Å². The number of hydrogen-bond acceptors (Lipinski definition) is 6. The van der Waals surface area contributed by atoms with E-state index in [4.69, 9.17) is 4.74 Å². The molecular weight excluding hydrogens is 444 g/mol. The van der Waals surface area contributed by atoms with Crippen LogP contribution in [0.25, 0.3) is 5.57 Å². The van der Waals surface area contributed by atoms with Crippen molar-refractivity contribution in [2.45, 2.75) is 26.8 Å². The van der Waals surface area contributed by atoms with Crippen molar-refractivity contribution in [1.29, 1.82) is 0 Å². The smallest absolute Gasteiger partial charge is 0.294 e. The fraction of sp³-hybridized carbons (Fsp3) is 0.214. The summed E-state index contributed by atoms with van der Waals surface area (Å²) in [7, 11) is 1.52. The van der Waals surface area contributed by atoms with Gasteiger partial charge < -0.3 is 9.84 Å². The molecule has 0 bridgehead atoms. The van der Waals surface area contributed by atoms with Crippen LogP contribution in [0.3, 0.4) is 0 Å². The standard InChI is InChI=1S/C28H28N2O5/c1-6-18(10-9-17-29-34)19-13-15-20(16-14-19)30-24(21-11-7-8-12-22(21)35-5)23(25(31)27(30)33)26(32)28(2,3)4/h6-17,24,31H,1H2,2-5H3/b17-9-,18-10+. The normalized spacial score (nSPS) is 16.7. The van der Waals surface area contributed by atoms with Gasteiger partial charge in [-0.05, 0) is 40.6 Å². The van der Waals surface area contributed by atoms with E-state index in [1.54, 1.807) is 81.5 Å². The SMILES string of the molecule is C=C/C(=C\C=C/N=O)c1ccc(N2C(=O)C(O)=C(C(=O)C(C)(C)C)C2c2ccccc2OC)cc1. The van der Waals surface area contributed by atoms with Crippen molar-refractivity contribution in [1.82, 2.24) is 0 Å². The lowest BCUT2D eigenvalue weighted by atomic mass is 9.82. The van der Waals surface area contributed by atoms with E-state index < -0.39 is 23.1 Å². The van der Waals surface area contributed by atoms with Crippen LogP contribution in [0.4, 0.5) is 5.69 Å². The van der Waals surface area contributed by atoms with Gasteiger partial charge in [0.05, 0.1) is 24.9 Å². The molecule has 0 saturated carbocycles. The lowest BCUT2D eigenvalue weighted by molar-refractivity contribution is -0.123. The Morgan fingerprint density at radius 2 is 1.80 bits per heavy atom. The van der Waals surface area contributed by atoms with Crippen LogP contribution < -0.4 is 9.64 Å². The topological polar surface area (TPSA) is 96.3 Å². The number of para-hydroxylation sites is 1. The Balaban J connectivity index is 2.15. The molecule has 7 heteroatoms. The number of aliphatic hydroxyl groups is 1. The fourth-order valence-corrected chi connectivity index (χ4v) is 3.97. The van der Waals surface area contributed by atoms with Crippen molar-refractivity contribution in [3.63, 3.8) is 0 Å². The average Bonchev–Trinajstić information content (AvgIpc) is 3.11. The molecule has 35 heavy (non-hydrogen) atoms. The first kappa shape index (κ1) is 25.4. The number of ketones is 1. The van der Waals surface area contributed by atoms with Crippen molar-refractivity contribution < 1.29 is 19.4 Å². The third-order valence-corrected chi connectivity index (χ3v) is 5.69. The monoisotopic (exact) mass is 472 g/mol. The third kappa shape index (κ3) is 4.99. The number of nitroso groups, excluding NO2 is 1. The minimum atomic E-state index is -0.868. The number of nitrogens with zero attached hydrogens (tertiary/aromatic N) is 2. The number of Topliss-reactive ketones (excluding diaryl/α,β-unsaturated/α-hetero) is 1. The molecule has 2 aromatic carbocycles. The number of allylic oxidation sites excluding steroid dienone is 4. The van der Waals surface area contributed by atoms with Crippen LogP contribution >= 0.6 is 0 Å². The first-order valence-electron chi connectivity index (χ1n) is 11.0. The lowest BCUT2D eigenvalue weighted by Gasteiger charge is -2.30. The number of benzene rings is 2. The van der Waals surface area contributed by atoms with Crippen molar-refractivity contribution in [3.05, 3.63) is 107 Å². The van der Waals surface area contributed by atoms with Gasteiger partial charge in [-0.15, -0.1) is 4.91 Å². The molecule has 0 spiro atoms. The van der Waals surface area contributed by atoms with Crippen LogP contribution in [-0.4, -0.2) is 23.9 Å². The van der Waals surface area contributed by atoms with Crippen LogP contribution in [0.2, 0.25) is 0 Å². The summed E-state index contributed by atoms with van der Waals surface area (Å²) in [5, 5.41) is 13.6. The van der Waals surface area contributed by atoms with Crippen LogP contribution in [0.15, 0.2) is 96.0 Å². The molecule has 1 aliphatic rings. The number of hydrogen-bond donors (Lipinski definition) is 1. The van der Waals surface area contributed by atoms with E-state index in [1.807, 2.05) is 0 Å². The number of amides is 1. The minimum Gasteiger partial charge on any atom is -0.503 e. The second kappa shape index (κ2) is 10.3. The maximum absolute atomic E-state index is 13.4. The van der Waals surface area contributed by atoms with E-state index >= 15 is 0 Å². The highest BCUT2D eigenvalue weighted by atomic mass is 16.5. The molecule has 1 amide bonds. The molecule has 0 saturated heterocycles. The van der Waals surface area contributed by atoms with Gasteiger partial charge in [0, 0.05) is 16.7 Å². The number of rotatable bonds is 8. The molecule has 7 nitrogen and oxygen atoms in total. The van der Waals surface area contributed by atoms with E-state index in [2.05, 4.69) is 11.8 Å². The van der Waals surface area contributed by atoms with E-state index in [0.29, 0.717) is 17.0 Å². The predicted octanol–water partition coefficient (Wildman–Crippen LogP) is 6.06. The van der Waals surface area contributed by atoms with Crippen LogP contribution in [0, 0.1) is 10.3 Å². The third-order valence-electron chi connectivity index (χ3n) is 5.69. The first-order valence-corrected chi connectivity index (χ1v) is 11.0. The number of methoxy groups -OCH3 is 1. The van der Waals surface area contributed by atoms with Gasteiger partial charge in [-0.25, -0.2) is 0 Å². The van der Waals surface area contributed by atoms with Crippen LogP contribution in [-0.2, 0) is 9.59 Å². The molecule has 1 aliphatic heterocycles. The van der Waals surface area contributed by atoms with Gasteiger partial charge in [-0.3, -0.25) is 14.5 Å². The maximum atomic E-state index is 13.4. The van der Waals surface area contributed by atoms with Crippen LogP contribution in [0.1, 0.15) is 37.9 Å². The van der Waals surface area contributed by atoms with Gasteiger partial charge in [0.2, 0.25) is 0 Å². The predicted molar refractivity (Wildman–Crippen MR) is 137 cm³/mol. The molecule has 1 unspecified atom stereocenters. The number of carbonyl (C=O) groups excluding carboxylic acids is 2. The molecule has 0 aliphatic carbocycles. The molecule has 1 heterocycles. The van der Waals surface area contributed by atoms with Gasteiger partial charge in [0.15, 0.2) is 11.5 Å². The summed E-state index contributed by atoms with van der Waals surface area (Å²) in [6.45, 7) is 9.03. The summed E-state index contributed by atoms with van der Waals surface area (Å²) in [5.41, 5.74) is 1.83. The van der Waals surface area contributed by atoms with Gasteiger partial charge in [-0.2, -0.15) is 0 Å². The van der Waals surface area contributed by atoms with Crippen LogP contribution in [0.5, 0.6) is 5.75 Å². The van der Waals surface area contributed by atoms with Gasteiger partial charge >= 0.3 is 0 Å². The molecule has 1 N–H and O–H groups in total. The van der Waals surface area contributed by atoms with Gasteiger partial charge in [0.1, 0.15) is 5.75 Å². The number of ether oxygens (including phenoxy) is 1. The zero-order valence-electron chi connectivity index (χ0n) is 20.2. The molecule has 0 radical (unpaired) electrons. The molecule has 180 valence electrons. The van der Waals surface area contributed by atoms with E-state index in [9.17, 15) is 19.6 Å². The number of anilines is 1. The Labute approximate surface area is 204 Å². The average molecular weight is 473 g/mol. The zero-order chi connectivity index (χ0) is 25.8. The van der Waals surface area contributed by atoms with Crippen molar-refractivity contribution in [2.75, 3.05) is 12.0 Å². The second-order valence-electron chi connectivity index (χ2n) is 8.98. The fourth-order valence-electron chi connectivity index (χ4n) is 3.97. The number of carbonyl (C=O) groups is 2. The Bertz CT molecular complexity index is 1250. The zero-order valence-corrected chi connectivity index (χ0v) is 20.2. The largest absolute Gasteiger partial charge is 0.503 e. The Kier molecular flexibility index (Phi) is 7.49. The Morgan fingerprint density at radius 3 is 2.37 bits per heavy atom. The Hall–Kier alpha value is -4.26. The highest BCUT2D eigenvalue weighted by Crippen LogP contribution is 2.45. The van der Waals surface area contributed by atoms with E-state index in [1.165, 1.54) is 18.1 Å². The van der Waals surface area contributed by atoms with Gasteiger partial charge in [-0.1, -0.05) is 69.8 Å². The second-order valence-corrected chi connectivity index (χ2v) is 8.98. The van der Waals surface area contributed by atoms with Crippen molar-refractivity contribution in [2.24, 2.45) is 10.6 Å². The highest BCUT2D eigenvalue weighted by molar-refractivity contribution is 6.17. The first-order chi connectivity index (χ1) is 16.6. The summed E-state index contributed by atoms with van der Waals surface area (Å²) >= 11 is 0. The molecule has 0 aromatic heterocycles. The summed E-state index contributed by atoms with van der Waals surface area (Å²) in [6.07, 6.45) is 5.96. The molecule has 0 fully saturated rings. The quantitative estimate of drug-likeness (QED) is 0.372. The number of aliphatic hydroxyl groups excluding tert-OH is 1. The molecular formula is C28H28N2O5. The summed E-state index contributed by atoms with van der Waals surface area (Å²) in [5.74, 6) is -1.07. The van der Waals surface area contributed by atoms with Crippen molar-refractivity contribution in [3.8, 4) is 5.75 Å².